The zero-order valence-electron chi connectivity index (χ0n) is 67.1. The Labute approximate surface area is 709 Å². The van der Waals surface area contributed by atoms with Crippen molar-refractivity contribution in [3.8, 4) is 0 Å². The van der Waals surface area contributed by atoms with Gasteiger partial charge in [0, 0.05) is 131 Å². The molecule has 0 saturated carbocycles. The Morgan fingerprint density at radius 3 is 1.16 bits per heavy atom. The summed E-state index contributed by atoms with van der Waals surface area (Å²) in [6.45, 7) is 12.3. The molecule has 12 N–H and O–H groups in total. The summed E-state index contributed by atoms with van der Waals surface area (Å²) >= 11 is 0. The second kappa shape index (κ2) is 51.5. The molecule has 4 unspecified atom stereocenters. The summed E-state index contributed by atoms with van der Waals surface area (Å²) in [5, 5.41) is 38.0. The van der Waals surface area contributed by atoms with E-state index < -0.39 is 139 Å². The van der Waals surface area contributed by atoms with Gasteiger partial charge in [-0.25, -0.2) is 15.4 Å². The van der Waals surface area contributed by atoms with Crippen LogP contribution in [0.15, 0.2) is 127 Å². The van der Waals surface area contributed by atoms with E-state index in [1.165, 1.54) is 12.5 Å². The van der Waals surface area contributed by atoms with Crippen molar-refractivity contribution < 1.29 is 155 Å². The number of rotatable bonds is 21. The Hall–Kier alpha value is -7.55. The molecule has 4 aromatic rings. The second-order valence-corrected chi connectivity index (χ2v) is 29.3. The number of hydrogen-bond acceptors (Lipinski definition) is 23. The van der Waals surface area contributed by atoms with Crippen LogP contribution in [0.3, 0.4) is 0 Å². The number of nitrogens with one attached hydrogen (secondary N) is 4. The van der Waals surface area contributed by atoms with Crippen LogP contribution >= 0.6 is 0 Å². The average Bonchev–Trinajstić information content (AvgIpc) is 1.66. The molecule has 120 heavy (non-hydrogen) atoms. The van der Waals surface area contributed by atoms with Crippen LogP contribution in [0.4, 0.5) is 75.4 Å². The minimum absolute atomic E-state index is 0. The second-order valence-electron chi connectivity index (χ2n) is 29.3. The number of piperidine rings is 5. The van der Waals surface area contributed by atoms with E-state index in [0.717, 1.165) is 61.1 Å². The molecular formula is C78H110F15N12NaO14. The first kappa shape index (κ1) is 107. The fourth-order valence-corrected chi connectivity index (χ4v) is 14.6. The van der Waals surface area contributed by atoms with Crippen molar-refractivity contribution in [2.45, 2.75) is 215 Å². The Morgan fingerprint density at radius 2 is 0.842 bits per heavy atom. The average molecular weight is 1750 g/mol. The molecule has 0 aromatic heterocycles. The summed E-state index contributed by atoms with van der Waals surface area (Å²) in [6, 6.07) is 37.8. The molecular weight excluding hydrogens is 1640 g/mol. The number of benzene rings is 4. The van der Waals surface area contributed by atoms with Crippen molar-refractivity contribution >= 4 is 35.8 Å². The Morgan fingerprint density at radius 1 is 0.525 bits per heavy atom. The van der Waals surface area contributed by atoms with Gasteiger partial charge in [0.05, 0.1) is 74.0 Å². The van der Waals surface area contributed by atoms with Crippen molar-refractivity contribution in [1.29, 1.82) is 0 Å². The number of alkyl carbamates (subject to hydrolysis) is 2. The van der Waals surface area contributed by atoms with Gasteiger partial charge in [0.2, 0.25) is 5.91 Å². The number of alkyl halides is 15. The van der Waals surface area contributed by atoms with Gasteiger partial charge in [0.15, 0.2) is 0 Å². The smallest absolute Gasteiger partial charge is 0.466 e. The third-order valence-corrected chi connectivity index (χ3v) is 20.7. The zero-order chi connectivity index (χ0) is 88.7. The Bertz CT molecular complexity index is 3620. The summed E-state index contributed by atoms with van der Waals surface area (Å²) in [7, 11) is 0. The minimum atomic E-state index is -4.55. The Balaban J connectivity index is 0.000000493. The molecule has 3 amide bonds. The first-order valence-electron chi connectivity index (χ1n) is 38.6. The number of hydrazine groups is 2. The van der Waals surface area contributed by atoms with Crippen LogP contribution in [0, 0.1) is 22.0 Å². The van der Waals surface area contributed by atoms with Gasteiger partial charge >= 0.3 is 84.6 Å². The third kappa shape index (κ3) is 40.2. The van der Waals surface area contributed by atoms with Crippen molar-refractivity contribution in [2.75, 3.05) is 78.7 Å². The maximum Gasteiger partial charge on any atom is 1.00 e. The van der Waals surface area contributed by atoms with Crippen LogP contribution in [-0.4, -0.2) is 210 Å². The van der Waals surface area contributed by atoms with Gasteiger partial charge in [-0.1, -0.05) is 121 Å². The van der Waals surface area contributed by atoms with Crippen LogP contribution in [0.25, 0.3) is 0 Å². The van der Waals surface area contributed by atoms with Crippen LogP contribution in [0.5, 0.6) is 0 Å². The molecule has 4 atom stereocenters. The fraction of sp³-hybridized carbons (Fsp3) is 0.615. The molecule has 7 saturated heterocycles. The van der Waals surface area contributed by atoms with Gasteiger partial charge in [-0.15, -0.1) is 5.34 Å². The topological polar surface area (TPSA) is 371 Å². The van der Waals surface area contributed by atoms with E-state index in [4.69, 9.17) is 30.2 Å². The molecule has 42 heteroatoms. The van der Waals surface area contributed by atoms with Gasteiger partial charge in [-0.2, -0.15) is 65.9 Å². The molecule has 0 radical (unpaired) electrons. The van der Waals surface area contributed by atoms with Gasteiger partial charge in [-0.05, 0) is 81.3 Å². The summed E-state index contributed by atoms with van der Waals surface area (Å²) in [6.07, 6.45) is -25.9. The fourth-order valence-electron chi connectivity index (χ4n) is 14.6. The zero-order valence-corrected chi connectivity index (χ0v) is 69.1. The maximum absolute atomic E-state index is 12.9. The normalized spacial score (nSPS) is 20.0. The number of aliphatic hydroxyl groups is 2. The maximum atomic E-state index is 12.9. The van der Waals surface area contributed by atoms with E-state index in [9.17, 15) is 105 Å². The molecule has 7 heterocycles. The molecule has 2 spiro atoms. The van der Waals surface area contributed by atoms with E-state index in [0.29, 0.717) is 96.9 Å². The van der Waals surface area contributed by atoms with E-state index in [1.807, 2.05) is 97.1 Å². The predicted octanol–water partition coefficient (Wildman–Crippen LogP) is 9.42. The number of Topliss-reactive ketones (excluding diaryl/α,β-unsaturated/α-hetero) is 1. The molecule has 7 aliphatic rings. The number of ketones is 1. The molecule has 0 aliphatic carbocycles. The molecule has 0 bridgehead atoms. The number of ether oxygens (including phenoxy) is 4. The summed E-state index contributed by atoms with van der Waals surface area (Å²) in [4.78, 5) is 84.5. The van der Waals surface area contributed by atoms with Crippen LogP contribution in [0.1, 0.15) is 147 Å². The molecule has 11 rings (SSSR count). The predicted molar refractivity (Wildman–Crippen MR) is 408 cm³/mol. The number of carbonyl (C=O) groups is 6. The SMILES string of the molecule is CCOC(=O)C(CC(F)(F)F)C1(O)CCN(Cc2ccccc2)CC1.CCOC(=O)CCCC(F)(F)F.NN.NNC(=O)C(CC(F)(F)F)C1(O)CCN(Cc2ccccc2)CC1.O=C1CCN(Cc2ccccc2)CC1.O=C1NC(CC(F)(F)F)C2(CCN(Cc3ccccc3)CC2)O1.O=C1NC(CC(F)(F)F)C2(CCNCC2)O1.O=N[O-].[HH].[Na+]. The number of nitrogens with zero attached hydrogens (tertiary/aromatic N) is 5. The first-order chi connectivity index (χ1) is 56.0. The van der Waals surface area contributed by atoms with Crippen molar-refractivity contribution in [3.05, 3.63) is 154 Å². The number of likely N-dealkylation sites (tertiary alicyclic amines) is 4. The van der Waals surface area contributed by atoms with Crippen LogP contribution in [0.2, 0.25) is 0 Å². The molecule has 4 aromatic carbocycles. The Kier molecular flexibility index (Phi) is 45.8. The first-order valence-corrected chi connectivity index (χ1v) is 38.6. The molecule has 7 fully saturated rings. The molecule has 26 nitrogen and oxygen atoms in total. The van der Waals surface area contributed by atoms with Gasteiger partial charge in [0.25, 0.3) is 0 Å². The van der Waals surface area contributed by atoms with Crippen molar-refractivity contribution in [1.82, 2.24) is 41.0 Å². The number of carbonyl (C=O) groups excluding carboxylic acids is 6. The molecule has 672 valence electrons. The van der Waals surface area contributed by atoms with Crippen LogP contribution < -0.4 is 68.5 Å². The van der Waals surface area contributed by atoms with Crippen molar-refractivity contribution in [3.63, 3.8) is 0 Å². The summed E-state index contributed by atoms with van der Waals surface area (Å²) < 4.78 is 206. The monoisotopic (exact) mass is 1750 g/mol. The third-order valence-electron chi connectivity index (χ3n) is 20.7. The number of halogens is 15. The largest absolute Gasteiger partial charge is 1.00 e. The minimum Gasteiger partial charge on any atom is -0.466 e. The number of hydrogen-bond donors (Lipinski definition) is 9. The quantitative estimate of drug-likeness (QED) is 0.00548. The number of amides is 3. The molecule has 7 aliphatic heterocycles. The summed E-state index contributed by atoms with van der Waals surface area (Å²) in [5.74, 6) is 7.72. The van der Waals surface area contributed by atoms with Gasteiger partial charge < -0.3 is 55.2 Å². The van der Waals surface area contributed by atoms with E-state index >= 15 is 0 Å². The van der Waals surface area contributed by atoms with Gasteiger partial charge in [0.1, 0.15) is 17.0 Å². The van der Waals surface area contributed by atoms with Crippen molar-refractivity contribution in [2.24, 2.45) is 34.7 Å². The van der Waals surface area contributed by atoms with E-state index in [1.54, 1.807) is 12.3 Å². The van der Waals surface area contributed by atoms with Gasteiger partial charge in [-0.3, -0.25) is 55.9 Å². The number of nitrogens with two attached hydrogens (primary N) is 3. The summed E-state index contributed by atoms with van der Waals surface area (Å²) in [5.41, 5.74) is 1.05. The van der Waals surface area contributed by atoms with E-state index in [2.05, 4.69) is 76.2 Å². The van der Waals surface area contributed by atoms with E-state index in [-0.39, 0.29) is 82.7 Å². The van der Waals surface area contributed by atoms with Crippen LogP contribution in [-0.2, 0) is 64.3 Å². The standard InChI is InChI=1S/C18H24F3NO3.C16H22F3N3O2.C16H19F3N2O2.C12H15NO.C9H13F3N2O2.C7H11F3O2.H4N2.HNO2.Na.H2/c1-2-25-16(23)15(12-18(19,20)21)17(24)8-10-22(11-9-17)13-14-6-4-3-5-7-14;17-16(18,19)10-13(14(23)21-20)15(24)6-8-22(9-7-15)11-12-4-2-1-3-5-12;17-16(18,19)10-13-15(23-14(22)20-13)6-8-21(9-7-15)11-12-4-2-1-3-5-12;14-12-6-8-13(9-7-12)10-11-4-2-1-3-5-11;10-9(11,12)5-6-8(16-7(15)14-6)1-3-13-4-2-8;1-2-12-6(11)4-3-5-7(8,9)10;1-2;2-1-3;;/h3-7,15,24H,2,8-13H2,1H3;1-5,13,24H,6-11,20H2,(H,21,23);1-5,13H,6-11H2,(H,20,22);1-5H,6-10H2;6,13H,1-5H2,(H,14,15);2-5H2,1H3;1-2H2;(H,2,3);;1H/q;;;;;;;;+1;/p-1. The number of esters is 2.